The van der Waals surface area contributed by atoms with Gasteiger partial charge in [-0.1, -0.05) is 6.92 Å². The molecule has 5 nitrogen and oxygen atoms in total. The van der Waals surface area contributed by atoms with Crippen LogP contribution >= 0.6 is 0 Å². The second-order valence-corrected chi connectivity index (χ2v) is 5.54. The number of nitrogens with zero attached hydrogens (tertiary/aromatic N) is 2. The van der Waals surface area contributed by atoms with Crippen molar-refractivity contribution in [2.45, 2.75) is 19.9 Å². The number of anilines is 1. The minimum atomic E-state index is -1.10. The highest BCUT2D eigenvalue weighted by Gasteiger charge is 2.17. The molecule has 2 aromatic heterocycles. The molecule has 0 saturated carbocycles. The molecule has 0 aliphatic heterocycles. The molecule has 0 atom stereocenters. The third kappa shape index (κ3) is 3.26. The van der Waals surface area contributed by atoms with Crippen LogP contribution in [0.15, 0.2) is 47.5 Å². The third-order valence-corrected chi connectivity index (χ3v) is 3.75. The van der Waals surface area contributed by atoms with E-state index in [1.54, 1.807) is 18.3 Å². The van der Waals surface area contributed by atoms with Gasteiger partial charge in [0.25, 0.3) is 11.5 Å². The predicted octanol–water partition coefficient (Wildman–Crippen LogP) is 3.34. The van der Waals surface area contributed by atoms with Crippen LogP contribution in [0.1, 0.15) is 23.8 Å². The fraction of sp³-hybridized carbons (Fsp3) is 0.167. The smallest absolute Gasteiger partial charge is 0.272 e. The van der Waals surface area contributed by atoms with E-state index in [1.165, 1.54) is 16.8 Å². The number of pyridine rings is 2. The van der Waals surface area contributed by atoms with Crippen molar-refractivity contribution in [2.75, 3.05) is 5.32 Å². The lowest BCUT2D eigenvalue weighted by Crippen LogP contribution is -2.29. The average molecular weight is 343 g/mol. The molecule has 25 heavy (non-hydrogen) atoms. The Bertz CT molecular complexity index is 1000. The number of benzene rings is 1. The second-order valence-electron chi connectivity index (χ2n) is 5.54. The minimum Gasteiger partial charge on any atom is -0.319 e. The van der Waals surface area contributed by atoms with Crippen LogP contribution in [0.5, 0.6) is 0 Å². The van der Waals surface area contributed by atoms with Gasteiger partial charge in [-0.2, -0.15) is 0 Å². The molecule has 128 valence electrons. The molecular formula is C18H15F2N3O2. The number of nitrogens with one attached hydrogen (secondary N) is 1. The Labute approximate surface area is 141 Å². The molecule has 0 spiro atoms. The van der Waals surface area contributed by atoms with Gasteiger partial charge in [0, 0.05) is 12.7 Å². The Morgan fingerprint density at radius 2 is 2.00 bits per heavy atom. The summed E-state index contributed by atoms with van der Waals surface area (Å²) in [5.74, 6) is -2.69. The van der Waals surface area contributed by atoms with Gasteiger partial charge >= 0.3 is 0 Å². The second kappa shape index (κ2) is 6.80. The van der Waals surface area contributed by atoms with Crippen LogP contribution in [0.3, 0.4) is 0 Å². The third-order valence-electron chi connectivity index (χ3n) is 3.75. The molecule has 0 radical (unpaired) electrons. The van der Waals surface area contributed by atoms with Crippen molar-refractivity contribution in [3.05, 3.63) is 70.4 Å². The standard InChI is InChI=1S/C18H15F2N3O2/c1-2-6-23-16(17(24)22-12-4-3-5-21-10-12)8-11-7-14(19)15(20)9-13(11)18(23)25/h3-5,7-10H,2,6H2,1H3,(H,22,24). The van der Waals surface area contributed by atoms with Crippen LogP contribution in [-0.4, -0.2) is 15.5 Å². The highest BCUT2D eigenvalue weighted by molar-refractivity contribution is 6.05. The zero-order valence-electron chi connectivity index (χ0n) is 13.4. The number of rotatable bonds is 4. The first-order valence-electron chi connectivity index (χ1n) is 7.75. The maximum atomic E-state index is 13.5. The van der Waals surface area contributed by atoms with Crippen LogP contribution in [0, 0.1) is 11.6 Å². The minimum absolute atomic E-state index is 0.0327. The van der Waals surface area contributed by atoms with E-state index in [0.717, 1.165) is 12.1 Å². The molecule has 3 aromatic rings. The lowest BCUT2D eigenvalue weighted by Gasteiger charge is -2.14. The van der Waals surface area contributed by atoms with Gasteiger partial charge in [0.15, 0.2) is 11.6 Å². The Kier molecular flexibility index (Phi) is 4.56. The van der Waals surface area contributed by atoms with E-state index in [0.29, 0.717) is 12.1 Å². The molecule has 0 saturated heterocycles. The Balaban J connectivity index is 2.15. The van der Waals surface area contributed by atoms with Crippen molar-refractivity contribution in [3.63, 3.8) is 0 Å². The number of aromatic nitrogens is 2. The van der Waals surface area contributed by atoms with E-state index in [-0.39, 0.29) is 23.0 Å². The van der Waals surface area contributed by atoms with Crippen molar-refractivity contribution in [2.24, 2.45) is 0 Å². The maximum absolute atomic E-state index is 13.5. The van der Waals surface area contributed by atoms with E-state index >= 15 is 0 Å². The van der Waals surface area contributed by atoms with Gasteiger partial charge in [-0.3, -0.25) is 14.6 Å². The SMILES string of the molecule is CCCn1c(C(=O)Nc2cccnc2)cc2cc(F)c(F)cc2c1=O. The van der Waals surface area contributed by atoms with Gasteiger partial charge in [0.1, 0.15) is 5.69 Å². The monoisotopic (exact) mass is 343 g/mol. The van der Waals surface area contributed by atoms with Crippen molar-refractivity contribution in [3.8, 4) is 0 Å². The normalized spacial score (nSPS) is 10.8. The maximum Gasteiger partial charge on any atom is 0.272 e. The zero-order valence-corrected chi connectivity index (χ0v) is 13.4. The summed E-state index contributed by atoms with van der Waals surface area (Å²) in [5.41, 5.74) is 0.0113. The van der Waals surface area contributed by atoms with Gasteiger partial charge in [-0.25, -0.2) is 8.78 Å². The van der Waals surface area contributed by atoms with E-state index in [4.69, 9.17) is 0 Å². The van der Waals surface area contributed by atoms with Gasteiger partial charge < -0.3 is 9.88 Å². The van der Waals surface area contributed by atoms with Crippen molar-refractivity contribution in [1.29, 1.82) is 0 Å². The Hall–Kier alpha value is -3.09. The van der Waals surface area contributed by atoms with Gasteiger partial charge in [0.05, 0.1) is 17.3 Å². The van der Waals surface area contributed by atoms with Crippen molar-refractivity contribution >= 4 is 22.4 Å². The number of hydrogen-bond donors (Lipinski definition) is 1. The first kappa shape index (κ1) is 16.8. The molecule has 0 bridgehead atoms. The number of halogens is 2. The lowest BCUT2D eigenvalue weighted by molar-refractivity contribution is 0.101. The molecule has 0 aliphatic carbocycles. The summed E-state index contributed by atoms with van der Waals surface area (Å²) in [7, 11) is 0. The summed E-state index contributed by atoms with van der Waals surface area (Å²) < 4.78 is 28.3. The highest BCUT2D eigenvalue weighted by Crippen LogP contribution is 2.18. The Morgan fingerprint density at radius 3 is 2.68 bits per heavy atom. The number of fused-ring (bicyclic) bond motifs is 1. The van der Waals surface area contributed by atoms with Crippen molar-refractivity contribution in [1.82, 2.24) is 9.55 Å². The number of carbonyl (C=O) groups excluding carboxylic acids is 1. The predicted molar refractivity (Wildman–Crippen MR) is 90.6 cm³/mol. The summed E-state index contributed by atoms with van der Waals surface area (Å²) in [6.45, 7) is 2.13. The zero-order chi connectivity index (χ0) is 18.0. The fourth-order valence-electron chi connectivity index (χ4n) is 2.61. The molecule has 1 N–H and O–H groups in total. The highest BCUT2D eigenvalue weighted by atomic mass is 19.2. The van der Waals surface area contributed by atoms with E-state index in [2.05, 4.69) is 10.3 Å². The quantitative estimate of drug-likeness (QED) is 0.790. The summed E-state index contributed by atoms with van der Waals surface area (Å²) in [4.78, 5) is 29.1. The first-order valence-corrected chi connectivity index (χ1v) is 7.75. The van der Waals surface area contributed by atoms with Gasteiger partial charge in [-0.15, -0.1) is 0 Å². The topological polar surface area (TPSA) is 64.0 Å². The van der Waals surface area contributed by atoms with E-state index in [9.17, 15) is 18.4 Å². The average Bonchev–Trinajstić information content (AvgIpc) is 2.60. The lowest BCUT2D eigenvalue weighted by atomic mass is 10.1. The first-order chi connectivity index (χ1) is 12.0. The van der Waals surface area contributed by atoms with Crippen LogP contribution < -0.4 is 10.9 Å². The largest absolute Gasteiger partial charge is 0.319 e. The van der Waals surface area contributed by atoms with Crippen LogP contribution in [0.4, 0.5) is 14.5 Å². The number of amides is 1. The van der Waals surface area contributed by atoms with Crippen LogP contribution in [0.25, 0.3) is 10.8 Å². The summed E-state index contributed by atoms with van der Waals surface area (Å²) in [6.07, 6.45) is 3.63. The molecule has 0 unspecified atom stereocenters. The van der Waals surface area contributed by atoms with Crippen molar-refractivity contribution < 1.29 is 13.6 Å². The summed E-state index contributed by atoms with van der Waals surface area (Å²) in [5, 5.41) is 2.85. The van der Waals surface area contributed by atoms with Crippen LogP contribution in [-0.2, 0) is 6.54 Å². The molecule has 1 aromatic carbocycles. The molecule has 0 aliphatic rings. The fourth-order valence-corrected chi connectivity index (χ4v) is 2.61. The molecule has 1 amide bonds. The molecule has 2 heterocycles. The van der Waals surface area contributed by atoms with Gasteiger partial charge in [-0.05, 0) is 42.1 Å². The Morgan fingerprint density at radius 1 is 1.24 bits per heavy atom. The molecule has 3 rings (SSSR count). The van der Waals surface area contributed by atoms with E-state index in [1.807, 2.05) is 6.92 Å². The summed E-state index contributed by atoms with van der Waals surface area (Å²) >= 11 is 0. The number of hydrogen-bond acceptors (Lipinski definition) is 3. The molecular weight excluding hydrogens is 328 g/mol. The molecule has 7 heteroatoms. The molecule has 0 fully saturated rings. The summed E-state index contributed by atoms with van der Waals surface area (Å²) in [6, 6.07) is 6.49. The number of carbonyl (C=O) groups is 1. The van der Waals surface area contributed by atoms with E-state index < -0.39 is 23.1 Å². The van der Waals surface area contributed by atoms with Crippen LogP contribution in [0.2, 0.25) is 0 Å². The van der Waals surface area contributed by atoms with Gasteiger partial charge in [0.2, 0.25) is 0 Å².